The van der Waals surface area contributed by atoms with Crippen LogP contribution in [0.4, 0.5) is 0 Å². The van der Waals surface area contributed by atoms with Gasteiger partial charge in [-0.1, -0.05) is 80.9 Å². The van der Waals surface area contributed by atoms with Crippen LogP contribution < -0.4 is 43.8 Å². The lowest BCUT2D eigenvalue weighted by Crippen LogP contribution is -2.61. The van der Waals surface area contributed by atoms with Crippen LogP contribution in [0.25, 0.3) is 0 Å². The Bertz CT molecular complexity index is 1900. The lowest BCUT2D eigenvalue weighted by atomic mass is 9.96. The molecule has 2 aromatic carbocycles. The van der Waals surface area contributed by atoms with Crippen LogP contribution in [0, 0.1) is 5.92 Å². The molecule has 0 unspecified atom stereocenters. The molecular weight excluding hydrogens is 807 g/mol. The van der Waals surface area contributed by atoms with Crippen molar-refractivity contribution in [2.24, 2.45) is 23.1 Å². The summed E-state index contributed by atoms with van der Waals surface area (Å²) in [7, 11) is 0. The summed E-state index contributed by atoms with van der Waals surface area (Å²) in [6, 6.07) is 7.93. The number of rotatable bonds is 24. The number of aliphatic hydroxyl groups excluding tert-OH is 1. The summed E-state index contributed by atoms with van der Waals surface area (Å²) in [4.78, 5) is 119. The van der Waals surface area contributed by atoms with Gasteiger partial charge in [0.25, 0.3) is 0 Å². The summed E-state index contributed by atoms with van der Waals surface area (Å²) in [5.41, 5.74) is 18.3. The minimum Gasteiger partial charge on any atom is -0.480 e. The lowest BCUT2D eigenvalue weighted by molar-refractivity contribution is -0.145. The molecule has 0 saturated carbocycles. The fourth-order valence-electron chi connectivity index (χ4n) is 6.89. The van der Waals surface area contributed by atoms with Crippen molar-refractivity contribution in [2.75, 3.05) is 6.54 Å². The molecule has 1 fully saturated rings. The predicted octanol–water partition coefficient (Wildman–Crippen LogP) is -2.13. The molecule has 338 valence electrons. The van der Waals surface area contributed by atoms with Gasteiger partial charge in [-0.15, -0.1) is 0 Å². The minimum absolute atomic E-state index is 0.0658. The average Bonchev–Trinajstić information content (AvgIpc) is 3.72. The second-order valence-electron chi connectivity index (χ2n) is 15.5. The molecule has 62 heavy (non-hydrogen) atoms. The molecule has 0 bridgehead atoms. The molecule has 1 aliphatic heterocycles. The molecule has 1 heterocycles. The first kappa shape index (κ1) is 49.9. The Labute approximate surface area is 359 Å². The van der Waals surface area contributed by atoms with Gasteiger partial charge in [-0.3, -0.25) is 38.4 Å². The quantitative estimate of drug-likeness (QED) is 0.0541. The number of carbonyl (C=O) groups excluding carboxylic acids is 8. The van der Waals surface area contributed by atoms with Crippen LogP contribution in [0.3, 0.4) is 0 Å². The first-order valence-electron chi connectivity index (χ1n) is 20.5. The van der Waals surface area contributed by atoms with Crippen molar-refractivity contribution in [1.29, 1.82) is 0 Å². The third kappa shape index (κ3) is 15.2. The normalized spacial score (nSPS) is 17.4. The summed E-state index contributed by atoms with van der Waals surface area (Å²) in [6.07, 6.45) is -1.87. The maximum atomic E-state index is 14.4. The van der Waals surface area contributed by atoms with Crippen molar-refractivity contribution in [3.05, 3.63) is 71.8 Å². The fraction of sp³-hybridized carbons (Fsp3) is 0.500. The van der Waals surface area contributed by atoms with Gasteiger partial charge in [0.2, 0.25) is 47.3 Å². The van der Waals surface area contributed by atoms with Crippen molar-refractivity contribution in [1.82, 2.24) is 31.5 Å². The number of nitrogens with one attached hydrogen (secondary N) is 5. The SMILES string of the molecule is CC[C@H](C)[C@H](NC(=O)[C@H](CCC(N)=O)NC(=O)[C@@H]1CCCN1C(=O)[C@H](Cc1ccccc1)NC(=O)[C@H](CC(N)=O)NC(=O)[C@@H](N)Cc1ccccc1)C(=O)N[C@H](C(=O)O)[C@@H](C)O. The summed E-state index contributed by atoms with van der Waals surface area (Å²) in [5.74, 6) is -8.73. The van der Waals surface area contributed by atoms with Crippen LogP contribution in [0.2, 0.25) is 0 Å². The van der Waals surface area contributed by atoms with E-state index >= 15 is 0 Å². The Hall–Kier alpha value is -6.41. The summed E-state index contributed by atoms with van der Waals surface area (Å²) < 4.78 is 0. The first-order valence-corrected chi connectivity index (χ1v) is 20.5. The molecule has 0 spiro atoms. The molecular formula is C42H59N9O11. The molecule has 0 aliphatic carbocycles. The van der Waals surface area contributed by atoms with Crippen LogP contribution in [-0.4, -0.2) is 123 Å². The van der Waals surface area contributed by atoms with E-state index in [-0.39, 0.29) is 38.6 Å². The van der Waals surface area contributed by atoms with Gasteiger partial charge in [0.15, 0.2) is 6.04 Å². The van der Waals surface area contributed by atoms with Gasteiger partial charge in [0.1, 0.15) is 30.2 Å². The summed E-state index contributed by atoms with van der Waals surface area (Å²) in [6.45, 7) is 4.59. The Balaban J connectivity index is 1.86. The highest BCUT2D eigenvalue weighted by molar-refractivity contribution is 5.98. The van der Waals surface area contributed by atoms with E-state index in [1.54, 1.807) is 74.5 Å². The number of carboxylic acids is 1. The molecule has 1 aliphatic rings. The van der Waals surface area contributed by atoms with Gasteiger partial charge in [0, 0.05) is 19.4 Å². The van der Waals surface area contributed by atoms with E-state index in [9.17, 15) is 53.4 Å². The predicted molar refractivity (Wildman–Crippen MR) is 224 cm³/mol. The number of nitrogens with zero attached hydrogens (tertiary/aromatic N) is 1. The van der Waals surface area contributed by atoms with Crippen LogP contribution >= 0.6 is 0 Å². The Morgan fingerprint density at radius 3 is 1.79 bits per heavy atom. The molecule has 3 rings (SSSR count). The molecule has 9 atom stereocenters. The number of aliphatic hydroxyl groups is 1. The Morgan fingerprint density at radius 1 is 0.710 bits per heavy atom. The third-order valence-corrected chi connectivity index (χ3v) is 10.6. The van der Waals surface area contributed by atoms with Crippen LogP contribution in [0.1, 0.15) is 70.4 Å². The van der Waals surface area contributed by atoms with Gasteiger partial charge >= 0.3 is 5.97 Å². The molecule has 20 nitrogen and oxygen atoms in total. The van der Waals surface area contributed by atoms with Gasteiger partial charge in [-0.05, 0) is 49.7 Å². The molecule has 13 N–H and O–H groups in total. The third-order valence-electron chi connectivity index (χ3n) is 10.6. The van der Waals surface area contributed by atoms with E-state index < -0.39 is 114 Å². The zero-order chi connectivity index (χ0) is 46.1. The second-order valence-corrected chi connectivity index (χ2v) is 15.5. The average molecular weight is 866 g/mol. The van der Waals surface area contributed by atoms with Crippen molar-refractivity contribution in [3.8, 4) is 0 Å². The topological polar surface area (TPSA) is 336 Å². The van der Waals surface area contributed by atoms with Crippen LogP contribution in [0.15, 0.2) is 60.7 Å². The molecule has 8 amide bonds. The highest BCUT2D eigenvalue weighted by Gasteiger charge is 2.41. The smallest absolute Gasteiger partial charge is 0.328 e. The minimum atomic E-state index is -1.69. The van der Waals surface area contributed by atoms with Gasteiger partial charge in [-0.2, -0.15) is 0 Å². The molecule has 0 radical (unpaired) electrons. The molecule has 0 aromatic heterocycles. The van der Waals surface area contributed by atoms with Crippen molar-refractivity contribution in [2.45, 2.75) is 121 Å². The highest BCUT2D eigenvalue weighted by atomic mass is 16.4. The van der Waals surface area contributed by atoms with Crippen molar-refractivity contribution in [3.63, 3.8) is 0 Å². The van der Waals surface area contributed by atoms with Gasteiger partial charge < -0.3 is 58.9 Å². The Morgan fingerprint density at radius 2 is 1.26 bits per heavy atom. The number of nitrogens with two attached hydrogens (primary N) is 3. The van der Waals surface area contributed by atoms with E-state index in [0.29, 0.717) is 18.4 Å². The number of amides is 8. The van der Waals surface area contributed by atoms with E-state index in [2.05, 4.69) is 26.6 Å². The van der Waals surface area contributed by atoms with Crippen LogP contribution in [-0.2, 0) is 56.0 Å². The molecule has 20 heteroatoms. The lowest BCUT2D eigenvalue weighted by Gasteiger charge is -2.31. The number of aliphatic carboxylic acids is 1. The van der Waals surface area contributed by atoms with Crippen molar-refractivity contribution < 1.29 is 53.4 Å². The van der Waals surface area contributed by atoms with E-state index in [0.717, 1.165) is 5.56 Å². The van der Waals surface area contributed by atoms with E-state index in [1.807, 2.05) is 0 Å². The number of hydrogen-bond acceptors (Lipinski definition) is 11. The van der Waals surface area contributed by atoms with Crippen LogP contribution in [0.5, 0.6) is 0 Å². The molecule has 1 saturated heterocycles. The second kappa shape index (κ2) is 24.1. The number of carboxylic acid groups (broad SMARTS) is 1. The van der Waals surface area contributed by atoms with Gasteiger partial charge in [0.05, 0.1) is 18.6 Å². The van der Waals surface area contributed by atoms with E-state index in [1.165, 1.54) is 11.8 Å². The summed E-state index contributed by atoms with van der Waals surface area (Å²) >= 11 is 0. The number of benzene rings is 2. The zero-order valence-corrected chi connectivity index (χ0v) is 35.1. The molecule has 2 aromatic rings. The van der Waals surface area contributed by atoms with Gasteiger partial charge in [-0.25, -0.2) is 4.79 Å². The first-order chi connectivity index (χ1) is 29.3. The number of hydrogen-bond donors (Lipinski definition) is 10. The monoisotopic (exact) mass is 865 g/mol. The standard InChI is InChI=1S/C42H59N9O11/c1-4-23(2)34(40(59)50-35(24(3)52)42(61)62)49-37(56)28(17-18-32(44)53)46-39(58)31-16-11-19-51(31)41(60)30(21-26-14-9-6-10-15-26)48-38(57)29(22-33(45)54)47-36(55)27(43)20-25-12-7-5-8-13-25/h5-10,12-15,23-24,27-31,34-35,52H,4,11,16-22,43H2,1-3H3,(H2,44,53)(H2,45,54)(H,46,58)(H,47,55)(H,48,57)(H,49,56)(H,50,59)(H,61,62)/t23-,24+,27-,28-,29-,30-,31-,34-,35-/m0/s1. The number of carbonyl (C=O) groups is 9. The summed E-state index contributed by atoms with van der Waals surface area (Å²) in [5, 5.41) is 31.8. The van der Waals surface area contributed by atoms with Crippen molar-refractivity contribution >= 4 is 53.2 Å². The number of primary amides is 2. The highest BCUT2D eigenvalue weighted by Crippen LogP contribution is 2.21. The largest absolute Gasteiger partial charge is 0.480 e. The Kier molecular flexibility index (Phi) is 19.4. The number of likely N-dealkylation sites (tertiary alicyclic amines) is 1. The fourth-order valence-corrected chi connectivity index (χ4v) is 6.89. The zero-order valence-electron chi connectivity index (χ0n) is 35.1. The maximum Gasteiger partial charge on any atom is 0.328 e. The van der Waals surface area contributed by atoms with E-state index in [4.69, 9.17) is 17.2 Å². The maximum absolute atomic E-state index is 14.4.